The average Bonchev–Trinajstić information content (AvgIpc) is 2.71. The van der Waals surface area contributed by atoms with E-state index in [1.165, 1.54) is 4.57 Å². The van der Waals surface area contributed by atoms with Gasteiger partial charge in [0.2, 0.25) is 0 Å². The summed E-state index contributed by atoms with van der Waals surface area (Å²) >= 11 is 0. The van der Waals surface area contributed by atoms with Crippen molar-refractivity contribution in [1.82, 2.24) is 9.55 Å². The predicted octanol–water partition coefficient (Wildman–Crippen LogP) is 2.07. The first-order chi connectivity index (χ1) is 13.5. The van der Waals surface area contributed by atoms with Crippen LogP contribution in [0.2, 0.25) is 0 Å². The topological polar surface area (TPSA) is 108 Å². The van der Waals surface area contributed by atoms with E-state index in [4.69, 9.17) is 11.0 Å². The highest BCUT2D eigenvalue weighted by molar-refractivity contribution is 5.62. The predicted molar refractivity (Wildman–Crippen MR) is 109 cm³/mol. The van der Waals surface area contributed by atoms with Crippen LogP contribution in [0.25, 0.3) is 0 Å². The molecule has 3 aromatic rings. The molecule has 0 radical (unpaired) electrons. The molecule has 0 bridgehead atoms. The minimum absolute atomic E-state index is 0.132. The maximum atomic E-state index is 12.5. The lowest BCUT2D eigenvalue weighted by molar-refractivity contribution is 0.718. The SMILES string of the molecule is CCN(Cc1ccc(C#N)cc1)c1c(N)n(Cc2ccccc2)c(=O)[nH]c1=O. The van der Waals surface area contributed by atoms with E-state index >= 15 is 0 Å². The van der Waals surface area contributed by atoms with Crippen LogP contribution in [0.1, 0.15) is 23.6 Å². The molecule has 0 spiro atoms. The zero-order valence-corrected chi connectivity index (χ0v) is 15.6. The minimum Gasteiger partial charge on any atom is -0.383 e. The van der Waals surface area contributed by atoms with Crippen molar-refractivity contribution in [3.05, 3.63) is 92.1 Å². The molecular formula is C21H21N5O2. The maximum Gasteiger partial charge on any atom is 0.330 e. The van der Waals surface area contributed by atoms with Crippen LogP contribution < -0.4 is 21.9 Å². The van der Waals surface area contributed by atoms with Gasteiger partial charge in [0, 0.05) is 13.1 Å². The van der Waals surface area contributed by atoms with Crippen LogP contribution in [0.3, 0.4) is 0 Å². The second-order valence-corrected chi connectivity index (χ2v) is 6.39. The zero-order valence-electron chi connectivity index (χ0n) is 15.6. The Kier molecular flexibility index (Phi) is 5.61. The van der Waals surface area contributed by atoms with Crippen molar-refractivity contribution in [3.8, 4) is 6.07 Å². The number of aromatic amines is 1. The standard InChI is InChI=1S/C21H21N5O2/c1-2-25(13-17-10-8-15(12-22)9-11-17)18-19(23)26(21(28)24-20(18)27)14-16-6-4-3-5-7-16/h3-11H,2,13-14,23H2,1H3,(H,24,27,28). The highest BCUT2D eigenvalue weighted by Crippen LogP contribution is 2.20. The van der Waals surface area contributed by atoms with Crippen molar-refractivity contribution in [2.45, 2.75) is 20.0 Å². The van der Waals surface area contributed by atoms with Crippen LogP contribution in [0.15, 0.2) is 64.2 Å². The quantitative estimate of drug-likeness (QED) is 0.686. The molecule has 0 aliphatic heterocycles. The smallest absolute Gasteiger partial charge is 0.330 e. The molecular weight excluding hydrogens is 354 g/mol. The number of nitrogen functional groups attached to an aromatic ring is 1. The Balaban J connectivity index is 1.98. The number of rotatable bonds is 6. The van der Waals surface area contributed by atoms with Gasteiger partial charge in [-0.1, -0.05) is 42.5 Å². The van der Waals surface area contributed by atoms with Gasteiger partial charge < -0.3 is 10.6 Å². The monoisotopic (exact) mass is 375 g/mol. The number of nitrogens with two attached hydrogens (primary N) is 1. The summed E-state index contributed by atoms with van der Waals surface area (Å²) in [7, 11) is 0. The van der Waals surface area contributed by atoms with Gasteiger partial charge in [-0.3, -0.25) is 14.3 Å². The van der Waals surface area contributed by atoms with Crippen LogP contribution in [-0.2, 0) is 13.1 Å². The Morgan fingerprint density at radius 3 is 2.36 bits per heavy atom. The van der Waals surface area contributed by atoms with Crippen LogP contribution in [0.4, 0.5) is 11.5 Å². The number of H-pyrrole nitrogens is 1. The lowest BCUT2D eigenvalue weighted by Gasteiger charge is -2.25. The normalized spacial score (nSPS) is 10.4. The van der Waals surface area contributed by atoms with E-state index in [-0.39, 0.29) is 18.1 Å². The lowest BCUT2D eigenvalue weighted by atomic mass is 10.1. The molecule has 0 aliphatic rings. The minimum atomic E-state index is -0.537. The molecule has 3 rings (SSSR count). The van der Waals surface area contributed by atoms with E-state index < -0.39 is 11.2 Å². The Bertz CT molecular complexity index is 1110. The first-order valence-electron chi connectivity index (χ1n) is 8.94. The Hall–Kier alpha value is -3.79. The number of hydrogen-bond acceptors (Lipinski definition) is 5. The van der Waals surface area contributed by atoms with Gasteiger partial charge in [0.1, 0.15) is 11.5 Å². The molecule has 7 nitrogen and oxygen atoms in total. The van der Waals surface area contributed by atoms with Crippen molar-refractivity contribution in [1.29, 1.82) is 5.26 Å². The molecule has 0 fully saturated rings. The third-order valence-corrected chi connectivity index (χ3v) is 4.55. The summed E-state index contributed by atoms with van der Waals surface area (Å²) in [6.45, 7) is 3.13. The van der Waals surface area contributed by atoms with Crippen LogP contribution in [0, 0.1) is 11.3 Å². The van der Waals surface area contributed by atoms with Gasteiger partial charge in [0.05, 0.1) is 18.2 Å². The Morgan fingerprint density at radius 1 is 1.07 bits per heavy atom. The van der Waals surface area contributed by atoms with Gasteiger partial charge in [-0.25, -0.2) is 4.79 Å². The van der Waals surface area contributed by atoms with Crippen LogP contribution in [-0.4, -0.2) is 16.1 Å². The van der Waals surface area contributed by atoms with Gasteiger partial charge in [-0.05, 0) is 30.2 Å². The molecule has 0 amide bonds. The number of benzene rings is 2. The summed E-state index contributed by atoms with van der Waals surface area (Å²) in [5.41, 5.74) is 7.89. The summed E-state index contributed by atoms with van der Waals surface area (Å²) in [5, 5.41) is 8.93. The van der Waals surface area contributed by atoms with Crippen LogP contribution >= 0.6 is 0 Å². The van der Waals surface area contributed by atoms with Crippen molar-refractivity contribution < 1.29 is 0 Å². The first-order valence-corrected chi connectivity index (χ1v) is 8.94. The number of nitrogens with one attached hydrogen (secondary N) is 1. The van der Waals surface area contributed by atoms with Gasteiger partial charge in [-0.2, -0.15) is 5.26 Å². The molecule has 142 valence electrons. The molecule has 0 saturated carbocycles. The lowest BCUT2D eigenvalue weighted by Crippen LogP contribution is -2.38. The fraction of sp³-hybridized carbons (Fsp3) is 0.190. The summed E-state index contributed by atoms with van der Waals surface area (Å²) in [5.74, 6) is 0.132. The van der Waals surface area contributed by atoms with Crippen molar-refractivity contribution in [3.63, 3.8) is 0 Å². The fourth-order valence-electron chi connectivity index (χ4n) is 3.06. The van der Waals surface area contributed by atoms with Crippen molar-refractivity contribution >= 4 is 11.5 Å². The molecule has 7 heteroatoms. The van der Waals surface area contributed by atoms with Gasteiger partial charge in [0.25, 0.3) is 5.56 Å². The summed E-state index contributed by atoms with van der Waals surface area (Å²) in [6, 6.07) is 18.7. The van der Waals surface area contributed by atoms with Crippen LogP contribution in [0.5, 0.6) is 0 Å². The largest absolute Gasteiger partial charge is 0.383 e. The first kappa shape index (κ1) is 19.0. The molecule has 2 aromatic carbocycles. The van der Waals surface area contributed by atoms with Crippen molar-refractivity contribution in [2.24, 2.45) is 0 Å². The Morgan fingerprint density at radius 2 is 1.75 bits per heavy atom. The van der Waals surface area contributed by atoms with Crippen molar-refractivity contribution in [2.75, 3.05) is 17.2 Å². The van der Waals surface area contributed by atoms with E-state index in [1.807, 2.05) is 54.3 Å². The highest BCUT2D eigenvalue weighted by atomic mass is 16.2. The van der Waals surface area contributed by atoms with E-state index in [0.717, 1.165) is 11.1 Å². The van der Waals surface area contributed by atoms with E-state index in [1.54, 1.807) is 12.1 Å². The van der Waals surface area contributed by atoms with Gasteiger partial charge in [0.15, 0.2) is 0 Å². The number of nitriles is 1. The molecule has 0 saturated heterocycles. The third-order valence-electron chi connectivity index (χ3n) is 4.55. The average molecular weight is 375 g/mol. The molecule has 1 aromatic heterocycles. The second kappa shape index (κ2) is 8.27. The fourth-order valence-corrected chi connectivity index (χ4v) is 3.06. The number of aromatic nitrogens is 2. The number of hydrogen-bond donors (Lipinski definition) is 2. The number of nitrogens with zero attached hydrogens (tertiary/aromatic N) is 3. The number of anilines is 2. The van der Waals surface area contributed by atoms with E-state index in [2.05, 4.69) is 11.1 Å². The van der Waals surface area contributed by atoms with Gasteiger partial charge >= 0.3 is 5.69 Å². The second-order valence-electron chi connectivity index (χ2n) is 6.39. The molecule has 1 heterocycles. The van der Waals surface area contributed by atoms with E-state index in [9.17, 15) is 9.59 Å². The Labute approximate surface area is 162 Å². The molecule has 3 N–H and O–H groups in total. The molecule has 0 aliphatic carbocycles. The zero-order chi connectivity index (χ0) is 20.1. The summed E-state index contributed by atoms with van der Waals surface area (Å²) in [4.78, 5) is 29.0. The van der Waals surface area contributed by atoms with E-state index in [0.29, 0.717) is 18.7 Å². The summed E-state index contributed by atoms with van der Waals surface area (Å²) < 4.78 is 1.37. The highest BCUT2D eigenvalue weighted by Gasteiger charge is 2.18. The molecule has 28 heavy (non-hydrogen) atoms. The third kappa shape index (κ3) is 3.96. The maximum absolute atomic E-state index is 12.5. The molecule has 0 atom stereocenters. The van der Waals surface area contributed by atoms with Gasteiger partial charge in [-0.15, -0.1) is 0 Å². The molecule has 0 unspecified atom stereocenters. The summed E-state index contributed by atoms with van der Waals surface area (Å²) in [6.07, 6.45) is 0.